The molecule has 0 fully saturated rings. The van der Waals surface area contributed by atoms with Gasteiger partial charge in [-0.2, -0.15) is 0 Å². The van der Waals surface area contributed by atoms with E-state index in [1.54, 1.807) is 7.11 Å². The van der Waals surface area contributed by atoms with E-state index in [9.17, 15) is 0 Å². The van der Waals surface area contributed by atoms with Crippen LogP contribution < -0.4 is 0 Å². The van der Waals surface area contributed by atoms with Gasteiger partial charge < -0.3 is 4.74 Å². The van der Waals surface area contributed by atoms with Crippen LogP contribution in [0.5, 0.6) is 0 Å². The molecule has 0 aliphatic carbocycles. The van der Waals surface area contributed by atoms with E-state index in [1.807, 2.05) is 19.4 Å². The summed E-state index contributed by atoms with van der Waals surface area (Å²) in [7, 11) is 1.59. The summed E-state index contributed by atoms with van der Waals surface area (Å²) in [4.78, 5) is 7.97. The van der Waals surface area contributed by atoms with Crippen molar-refractivity contribution in [1.29, 1.82) is 0 Å². The minimum Gasteiger partial charge on any atom is -0.341 e. The molecule has 0 amide bonds. The monoisotopic (exact) mass is 126 g/mol. The number of nitrogens with zero attached hydrogens (tertiary/aromatic N) is 2. The predicted octanol–water partition coefficient (Wildman–Crippen LogP) is 0.708. The Labute approximate surface area is 54.5 Å². The summed E-state index contributed by atoms with van der Waals surface area (Å²) >= 11 is 0. The Balaban J connectivity index is 2.48. The van der Waals surface area contributed by atoms with Gasteiger partial charge in [0.15, 0.2) is 0 Å². The molecule has 3 heteroatoms. The van der Waals surface area contributed by atoms with Crippen molar-refractivity contribution in [3.63, 3.8) is 0 Å². The molecule has 1 heterocycles. The van der Waals surface area contributed by atoms with Crippen LogP contribution in [-0.2, 0) is 4.74 Å². The summed E-state index contributed by atoms with van der Waals surface area (Å²) < 4.78 is 4.84. The average molecular weight is 126 g/mol. The second-order valence-corrected chi connectivity index (χ2v) is 2.02. The molecule has 0 saturated carbocycles. The highest BCUT2D eigenvalue weighted by Crippen LogP contribution is 2.00. The molecule has 0 unspecified atom stereocenters. The molecule has 0 bridgehead atoms. The van der Waals surface area contributed by atoms with E-state index in [4.69, 9.17) is 4.74 Å². The predicted molar refractivity (Wildman–Crippen MR) is 36.9 cm³/mol. The molecule has 0 radical (unpaired) electrons. The fourth-order valence-corrected chi connectivity index (χ4v) is 0.617. The van der Waals surface area contributed by atoms with Crippen molar-refractivity contribution in [2.75, 3.05) is 7.11 Å². The highest BCUT2D eigenvalue weighted by atomic mass is 16.5. The quantitative estimate of drug-likeness (QED) is 0.509. The van der Waals surface area contributed by atoms with Crippen molar-refractivity contribution in [1.82, 2.24) is 0 Å². The van der Waals surface area contributed by atoms with Gasteiger partial charge in [0.2, 0.25) is 6.35 Å². The van der Waals surface area contributed by atoms with Crippen molar-refractivity contribution in [3.8, 4) is 0 Å². The van der Waals surface area contributed by atoms with E-state index in [1.165, 1.54) is 0 Å². The van der Waals surface area contributed by atoms with Gasteiger partial charge in [0.25, 0.3) is 0 Å². The minimum atomic E-state index is -0.291. The van der Waals surface area contributed by atoms with Gasteiger partial charge in [-0.25, -0.2) is 9.98 Å². The number of rotatable bonds is 1. The van der Waals surface area contributed by atoms with Crippen molar-refractivity contribution in [3.05, 3.63) is 0 Å². The van der Waals surface area contributed by atoms with E-state index >= 15 is 0 Å². The number of ether oxygens (including phenoxy) is 1. The minimum absolute atomic E-state index is 0.291. The third-order valence-electron chi connectivity index (χ3n) is 1.11. The zero-order chi connectivity index (χ0) is 6.69. The lowest BCUT2D eigenvalue weighted by Crippen LogP contribution is -2.13. The second-order valence-electron chi connectivity index (χ2n) is 2.02. The van der Waals surface area contributed by atoms with Crippen LogP contribution in [0.3, 0.4) is 0 Å². The molecule has 0 aromatic heterocycles. The Bertz CT molecular complexity index is 128. The molecule has 0 saturated heterocycles. The Kier molecular flexibility index (Phi) is 1.95. The van der Waals surface area contributed by atoms with Crippen LogP contribution in [-0.4, -0.2) is 25.9 Å². The highest BCUT2D eigenvalue weighted by Gasteiger charge is 2.04. The highest BCUT2D eigenvalue weighted by molar-refractivity contribution is 5.84. The maximum Gasteiger partial charge on any atom is 0.244 e. The summed E-state index contributed by atoms with van der Waals surface area (Å²) in [5.41, 5.74) is 0. The zero-order valence-corrected chi connectivity index (χ0v) is 5.61. The van der Waals surface area contributed by atoms with Gasteiger partial charge in [0, 0.05) is 25.5 Å². The smallest absolute Gasteiger partial charge is 0.244 e. The first-order valence-corrected chi connectivity index (χ1v) is 2.92. The Hall–Kier alpha value is -0.700. The molecule has 1 aliphatic rings. The van der Waals surface area contributed by atoms with E-state index in [2.05, 4.69) is 9.98 Å². The van der Waals surface area contributed by atoms with Gasteiger partial charge in [-0.05, 0) is 0 Å². The van der Waals surface area contributed by atoms with Crippen LogP contribution in [0.15, 0.2) is 9.98 Å². The van der Waals surface area contributed by atoms with Crippen LogP contribution in [0.1, 0.15) is 6.92 Å². The first kappa shape index (κ1) is 6.42. The number of methoxy groups -OCH3 is 1. The summed E-state index contributed by atoms with van der Waals surface area (Å²) in [5, 5.41) is 0. The molecule has 1 rings (SSSR count). The molecule has 1 aliphatic heterocycles. The summed E-state index contributed by atoms with van der Waals surface area (Å²) in [5.74, 6) is 0.358. The van der Waals surface area contributed by atoms with Crippen LogP contribution in [0.4, 0.5) is 0 Å². The van der Waals surface area contributed by atoms with Gasteiger partial charge in [-0.1, -0.05) is 6.92 Å². The lowest BCUT2D eigenvalue weighted by molar-refractivity contribution is 0.117. The molecule has 9 heavy (non-hydrogen) atoms. The Morgan fingerprint density at radius 1 is 1.33 bits per heavy atom. The van der Waals surface area contributed by atoms with Crippen LogP contribution in [0.25, 0.3) is 0 Å². The van der Waals surface area contributed by atoms with Gasteiger partial charge in [0.05, 0.1) is 0 Å². The second kappa shape index (κ2) is 2.73. The summed E-state index contributed by atoms with van der Waals surface area (Å²) in [6, 6.07) is 0. The lowest BCUT2D eigenvalue weighted by atomic mass is 10.2. The topological polar surface area (TPSA) is 34.0 Å². The fraction of sp³-hybridized carbons (Fsp3) is 0.667. The van der Waals surface area contributed by atoms with Gasteiger partial charge in [-0.3, -0.25) is 0 Å². The van der Waals surface area contributed by atoms with Gasteiger partial charge in [0.1, 0.15) is 0 Å². The first-order chi connectivity index (χ1) is 4.33. The van der Waals surface area contributed by atoms with E-state index in [0.29, 0.717) is 5.92 Å². The van der Waals surface area contributed by atoms with E-state index < -0.39 is 0 Å². The molecular formula is C6H10N2O. The van der Waals surface area contributed by atoms with Crippen molar-refractivity contribution in [2.24, 2.45) is 15.9 Å². The van der Waals surface area contributed by atoms with E-state index in [0.717, 1.165) is 0 Å². The lowest BCUT2D eigenvalue weighted by Gasteiger charge is -2.09. The molecule has 0 atom stereocenters. The standard InChI is InChI=1S/C6H10N2O/c1-5-3-7-6(9-2)8-4-5/h3-6H,1-2H3. The van der Waals surface area contributed by atoms with Crippen LogP contribution in [0.2, 0.25) is 0 Å². The summed E-state index contributed by atoms with van der Waals surface area (Å²) in [6.45, 7) is 2.03. The third kappa shape index (κ3) is 1.61. The third-order valence-corrected chi connectivity index (χ3v) is 1.11. The van der Waals surface area contributed by atoms with Gasteiger partial charge >= 0.3 is 0 Å². The SMILES string of the molecule is COC1N=CC(C)C=N1. The summed E-state index contributed by atoms with van der Waals surface area (Å²) in [6.07, 6.45) is 3.38. The Morgan fingerprint density at radius 3 is 2.33 bits per heavy atom. The van der Waals surface area contributed by atoms with Gasteiger partial charge in [-0.15, -0.1) is 0 Å². The number of hydrogen-bond donors (Lipinski definition) is 0. The largest absolute Gasteiger partial charge is 0.341 e. The van der Waals surface area contributed by atoms with Crippen LogP contribution in [0, 0.1) is 5.92 Å². The first-order valence-electron chi connectivity index (χ1n) is 2.92. The molecule has 0 aromatic carbocycles. The molecule has 0 spiro atoms. The molecular weight excluding hydrogens is 116 g/mol. The average Bonchev–Trinajstić information content (AvgIpc) is 1.90. The van der Waals surface area contributed by atoms with Crippen molar-refractivity contribution in [2.45, 2.75) is 13.3 Å². The van der Waals surface area contributed by atoms with Crippen molar-refractivity contribution >= 4 is 12.4 Å². The van der Waals surface area contributed by atoms with E-state index in [-0.39, 0.29) is 6.35 Å². The molecule has 50 valence electrons. The maximum absolute atomic E-state index is 4.84. The van der Waals surface area contributed by atoms with Crippen molar-refractivity contribution < 1.29 is 4.74 Å². The Morgan fingerprint density at radius 2 is 1.89 bits per heavy atom. The normalized spacial score (nSPS) is 33.1. The zero-order valence-electron chi connectivity index (χ0n) is 5.61. The molecule has 3 nitrogen and oxygen atoms in total. The fourth-order valence-electron chi connectivity index (χ4n) is 0.617. The number of hydrogen-bond acceptors (Lipinski definition) is 3. The van der Waals surface area contributed by atoms with Crippen LogP contribution >= 0.6 is 0 Å². The number of aliphatic imine (C=N–C) groups is 2. The maximum atomic E-state index is 4.84. The molecule has 0 N–H and O–H groups in total. The molecule has 0 aromatic rings.